The van der Waals surface area contributed by atoms with Crippen LogP contribution in [0, 0.1) is 0 Å². The number of nitrogens with zero attached hydrogens (tertiary/aromatic N) is 7. The first-order chi connectivity index (χ1) is 15.0. The van der Waals surface area contributed by atoms with E-state index in [-0.39, 0.29) is 18.9 Å². The highest BCUT2D eigenvalue weighted by molar-refractivity contribution is 5.40. The molecule has 0 spiro atoms. The molecular weight excluding hydrogens is 417 g/mol. The van der Waals surface area contributed by atoms with Gasteiger partial charge in [0.15, 0.2) is 17.1 Å². The van der Waals surface area contributed by atoms with Gasteiger partial charge in [0.25, 0.3) is 0 Å². The molecule has 6 heterocycles. The molecule has 3 aromatic rings. The lowest BCUT2D eigenvalue weighted by atomic mass is 9.86. The van der Waals surface area contributed by atoms with Crippen LogP contribution in [0.3, 0.4) is 0 Å². The van der Waals surface area contributed by atoms with Gasteiger partial charge in [0.05, 0.1) is 13.1 Å². The minimum absolute atomic E-state index is 0.113. The number of nitrogens with one attached hydrogen (secondary N) is 3. The lowest BCUT2D eigenvalue weighted by Crippen LogP contribution is -2.54. The zero-order valence-corrected chi connectivity index (χ0v) is 16.3. The highest BCUT2D eigenvalue weighted by atomic mass is 19.4. The fraction of sp³-hybridized carbons (Fsp3) is 0.588. The second kappa shape index (κ2) is 6.58. The molecule has 3 aliphatic rings. The maximum Gasteiger partial charge on any atom is 0.451 e. The first-order valence-electron chi connectivity index (χ1n) is 10.0. The van der Waals surface area contributed by atoms with Gasteiger partial charge < -0.3 is 25.0 Å². The Morgan fingerprint density at radius 3 is 2.61 bits per heavy atom. The smallest absolute Gasteiger partial charge is 0.358 e. The Balaban J connectivity index is 1.69. The van der Waals surface area contributed by atoms with Gasteiger partial charge in [0, 0.05) is 31.7 Å². The van der Waals surface area contributed by atoms with Crippen molar-refractivity contribution < 1.29 is 17.7 Å². The summed E-state index contributed by atoms with van der Waals surface area (Å²) in [5.41, 5.74) is 0.0126. The van der Waals surface area contributed by atoms with Gasteiger partial charge in [0.2, 0.25) is 5.82 Å². The third-order valence-corrected chi connectivity index (χ3v) is 6.11. The van der Waals surface area contributed by atoms with Gasteiger partial charge in [0.1, 0.15) is 17.3 Å². The molecule has 3 N–H and O–H groups in total. The number of hydrogen-bond donors (Lipinski definition) is 3. The Labute approximate surface area is 173 Å². The normalized spacial score (nSPS) is 23.3. The van der Waals surface area contributed by atoms with E-state index in [9.17, 15) is 13.2 Å². The summed E-state index contributed by atoms with van der Waals surface area (Å²) in [5.74, 6) is 0.416. The summed E-state index contributed by atoms with van der Waals surface area (Å²) >= 11 is 0. The molecule has 1 atom stereocenters. The summed E-state index contributed by atoms with van der Waals surface area (Å²) < 4.78 is 51.0. The van der Waals surface area contributed by atoms with Crippen molar-refractivity contribution in [2.75, 3.05) is 19.6 Å². The highest BCUT2D eigenvalue weighted by Crippen LogP contribution is 2.43. The third kappa shape index (κ3) is 2.61. The van der Waals surface area contributed by atoms with Gasteiger partial charge in [-0.25, -0.2) is 0 Å². The highest BCUT2D eigenvalue weighted by Gasteiger charge is 2.55. The van der Waals surface area contributed by atoms with E-state index in [2.05, 4.69) is 41.5 Å². The number of halogens is 3. The van der Waals surface area contributed by atoms with E-state index in [0.717, 1.165) is 10.1 Å². The molecule has 0 aromatic carbocycles. The molecule has 0 bridgehead atoms. The molecule has 6 rings (SSSR count). The Bertz CT molecular complexity index is 1090. The van der Waals surface area contributed by atoms with Crippen LogP contribution in [0.15, 0.2) is 4.52 Å². The zero-order chi connectivity index (χ0) is 21.2. The van der Waals surface area contributed by atoms with Crippen LogP contribution in [-0.2, 0) is 44.3 Å². The van der Waals surface area contributed by atoms with Gasteiger partial charge in [-0.3, -0.25) is 4.57 Å². The Hall–Kier alpha value is -2.84. The molecule has 3 aliphatic heterocycles. The minimum atomic E-state index is -4.71. The topological polar surface area (TPSA) is 124 Å². The van der Waals surface area contributed by atoms with Gasteiger partial charge in [-0.15, -0.1) is 20.4 Å². The molecule has 0 saturated carbocycles. The van der Waals surface area contributed by atoms with Gasteiger partial charge in [-0.05, 0) is 13.0 Å². The molecule has 1 unspecified atom stereocenters. The number of fused-ring (bicyclic) bond motifs is 3. The Kier molecular flexibility index (Phi) is 4.01. The SMILES string of the molecule is FC(F)(F)c1nnc2n1C(c1onc3c1CCNC3)(c1nnc3n1CCNC3)CNC2. The van der Waals surface area contributed by atoms with Crippen molar-refractivity contribution in [1.29, 1.82) is 0 Å². The quantitative estimate of drug-likeness (QED) is 0.489. The molecule has 0 saturated heterocycles. The molecule has 0 fully saturated rings. The maximum atomic E-state index is 14.1. The number of aromatic nitrogens is 7. The van der Waals surface area contributed by atoms with Crippen molar-refractivity contribution in [3.63, 3.8) is 0 Å². The summed E-state index contributed by atoms with van der Waals surface area (Å²) in [5, 5.41) is 29.8. The lowest BCUT2D eigenvalue weighted by Gasteiger charge is -2.38. The van der Waals surface area contributed by atoms with Crippen molar-refractivity contribution in [3.8, 4) is 0 Å². The minimum Gasteiger partial charge on any atom is -0.358 e. The predicted molar refractivity (Wildman–Crippen MR) is 96.6 cm³/mol. The number of rotatable bonds is 2. The van der Waals surface area contributed by atoms with E-state index in [0.29, 0.717) is 62.2 Å². The van der Waals surface area contributed by atoms with E-state index in [1.807, 2.05) is 4.57 Å². The van der Waals surface area contributed by atoms with Crippen molar-refractivity contribution in [2.24, 2.45) is 0 Å². The summed E-state index contributed by atoms with van der Waals surface area (Å²) in [6.45, 7) is 3.08. The third-order valence-electron chi connectivity index (χ3n) is 6.11. The average Bonchev–Trinajstić information content (AvgIpc) is 3.49. The van der Waals surface area contributed by atoms with E-state index >= 15 is 0 Å². The van der Waals surface area contributed by atoms with Crippen LogP contribution in [-0.4, -0.2) is 54.3 Å². The molecule has 0 radical (unpaired) electrons. The second-order valence-electron chi connectivity index (χ2n) is 7.87. The number of hydrogen-bond acceptors (Lipinski definition) is 9. The van der Waals surface area contributed by atoms with E-state index < -0.39 is 17.5 Å². The average molecular weight is 436 g/mol. The first-order valence-corrected chi connectivity index (χ1v) is 10.0. The van der Waals surface area contributed by atoms with Gasteiger partial charge in [-0.1, -0.05) is 5.16 Å². The van der Waals surface area contributed by atoms with Crippen LogP contribution < -0.4 is 16.0 Å². The molecule has 0 aliphatic carbocycles. The molecule has 14 heteroatoms. The monoisotopic (exact) mass is 436 g/mol. The van der Waals surface area contributed by atoms with E-state index in [1.54, 1.807) is 0 Å². The Morgan fingerprint density at radius 2 is 1.74 bits per heavy atom. The standard InChI is InChI=1S/C17H19F3N10O/c18-17(19,20)15-27-25-12-7-23-8-16(30(12)15,13-9-1-2-21-5-10(9)28-31-13)14-26-24-11-6-22-3-4-29(11)14/h21-23H,1-8H2. The van der Waals surface area contributed by atoms with Crippen molar-refractivity contribution in [1.82, 2.24) is 50.6 Å². The molecule has 3 aromatic heterocycles. The fourth-order valence-electron chi connectivity index (χ4n) is 4.79. The second-order valence-corrected chi connectivity index (χ2v) is 7.87. The van der Waals surface area contributed by atoms with Crippen molar-refractivity contribution >= 4 is 0 Å². The Morgan fingerprint density at radius 1 is 0.935 bits per heavy atom. The predicted octanol–water partition coefficient (Wildman–Crippen LogP) is -0.480. The van der Waals surface area contributed by atoms with Gasteiger partial charge in [-0.2, -0.15) is 13.2 Å². The molecule has 0 amide bonds. The summed E-state index contributed by atoms with van der Waals surface area (Å²) in [6, 6.07) is 0. The van der Waals surface area contributed by atoms with Crippen LogP contribution in [0.25, 0.3) is 0 Å². The first kappa shape index (κ1) is 18.9. The van der Waals surface area contributed by atoms with Crippen LogP contribution in [0.1, 0.15) is 40.3 Å². The van der Waals surface area contributed by atoms with Crippen LogP contribution in [0.4, 0.5) is 13.2 Å². The molecular formula is C17H19F3N10O. The van der Waals surface area contributed by atoms with Crippen molar-refractivity contribution in [3.05, 3.63) is 40.3 Å². The largest absolute Gasteiger partial charge is 0.451 e. The summed E-state index contributed by atoms with van der Waals surface area (Å²) in [7, 11) is 0. The molecule has 11 nitrogen and oxygen atoms in total. The number of alkyl halides is 3. The maximum absolute atomic E-state index is 14.1. The van der Waals surface area contributed by atoms with Gasteiger partial charge >= 0.3 is 6.18 Å². The molecule has 164 valence electrons. The van der Waals surface area contributed by atoms with E-state index in [4.69, 9.17) is 4.52 Å². The van der Waals surface area contributed by atoms with Crippen LogP contribution >= 0.6 is 0 Å². The lowest BCUT2D eigenvalue weighted by molar-refractivity contribution is -0.149. The molecule has 31 heavy (non-hydrogen) atoms. The van der Waals surface area contributed by atoms with E-state index in [1.165, 1.54) is 0 Å². The fourth-order valence-corrected chi connectivity index (χ4v) is 4.79. The van der Waals surface area contributed by atoms with Crippen LogP contribution in [0.5, 0.6) is 0 Å². The van der Waals surface area contributed by atoms with Crippen molar-refractivity contribution in [2.45, 2.75) is 44.3 Å². The summed E-state index contributed by atoms with van der Waals surface area (Å²) in [6.07, 6.45) is -4.13. The zero-order valence-electron chi connectivity index (χ0n) is 16.3. The van der Waals surface area contributed by atoms with Crippen LogP contribution in [0.2, 0.25) is 0 Å². The summed E-state index contributed by atoms with van der Waals surface area (Å²) in [4.78, 5) is 0.